The maximum atomic E-state index is 11.5. The molecular weight excluding hydrogens is 237 g/mol. The van der Waals surface area contributed by atoms with Gasteiger partial charge in [-0.15, -0.1) is 0 Å². The highest BCUT2D eigenvalue weighted by Crippen LogP contribution is 2.38. The number of carbonyl (C=O) groups is 1. The van der Waals surface area contributed by atoms with E-state index in [0.717, 1.165) is 0 Å². The second kappa shape index (κ2) is 3.91. The van der Waals surface area contributed by atoms with Gasteiger partial charge in [0.2, 0.25) is 5.91 Å². The molecule has 0 aliphatic carbocycles. The zero-order valence-corrected chi connectivity index (χ0v) is 9.52. The zero-order chi connectivity index (χ0) is 11.0. The number of carbonyl (C=O) groups excluding carboxylic acids is 1. The molecule has 0 saturated heterocycles. The summed E-state index contributed by atoms with van der Waals surface area (Å²) >= 11 is 11.8. The van der Waals surface area contributed by atoms with E-state index in [0.29, 0.717) is 28.1 Å². The third-order valence-electron chi connectivity index (χ3n) is 2.19. The van der Waals surface area contributed by atoms with Crippen molar-refractivity contribution in [3.63, 3.8) is 0 Å². The average molecular weight is 246 g/mol. The summed E-state index contributed by atoms with van der Waals surface area (Å²) in [5.41, 5.74) is 0.529. The molecule has 1 amide bonds. The van der Waals surface area contributed by atoms with E-state index in [1.807, 2.05) is 0 Å². The maximum absolute atomic E-state index is 11.5. The average Bonchev–Trinajstić information content (AvgIpc) is 2.27. The molecule has 2 rings (SSSR count). The number of hydrogen-bond donors (Lipinski definition) is 1. The summed E-state index contributed by atoms with van der Waals surface area (Å²) in [4.78, 5) is 11.5. The van der Waals surface area contributed by atoms with E-state index in [4.69, 9.17) is 27.9 Å². The van der Waals surface area contributed by atoms with Crippen LogP contribution in [0.4, 0.5) is 5.69 Å². The molecule has 5 heteroatoms. The van der Waals surface area contributed by atoms with E-state index in [9.17, 15) is 4.79 Å². The molecule has 0 spiro atoms. The lowest BCUT2D eigenvalue weighted by Crippen LogP contribution is -2.21. The van der Waals surface area contributed by atoms with Crippen LogP contribution in [-0.2, 0) is 4.79 Å². The first kappa shape index (κ1) is 10.6. The Morgan fingerprint density at radius 2 is 2.20 bits per heavy atom. The number of benzene rings is 1. The fraction of sp³-hybridized carbons (Fsp3) is 0.300. The lowest BCUT2D eigenvalue weighted by atomic mass is 10.2. The Morgan fingerprint density at radius 3 is 2.93 bits per heavy atom. The number of anilines is 1. The summed E-state index contributed by atoms with van der Waals surface area (Å²) in [7, 11) is 0. The van der Waals surface area contributed by atoms with Gasteiger partial charge in [-0.2, -0.15) is 0 Å². The highest BCUT2D eigenvalue weighted by molar-refractivity contribution is 6.36. The maximum Gasteiger partial charge on any atom is 0.230 e. The quantitative estimate of drug-likeness (QED) is 0.764. The number of halogens is 2. The minimum atomic E-state index is -0.202. The van der Waals surface area contributed by atoms with E-state index in [2.05, 4.69) is 5.32 Å². The molecule has 1 aromatic carbocycles. The van der Waals surface area contributed by atoms with Gasteiger partial charge in [-0.05, 0) is 12.1 Å². The summed E-state index contributed by atoms with van der Waals surface area (Å²) in [6.07, 6.45) is 0. The SMILES string of the molecule is CC1COc2c(Cl)cc(Cl)cc2NC1=O. The van der Waals surface area contributed by atoms with Crippen LogP contribution in [0.5, 0.6) is 5.75 Å². The van der Waals surface area contributed by atoms with Crippen molar-refractivity contribution in [3.05, 3.63) is 22.2 Å². The predicted molar refractivity (Wildman–Crippen MR) is 59.8 cm³/mol. The first-order valence-corrected chi connectivity index (χ1v) is 5.26. The Morgan fingerprint density at radius 1 is 1.47 bits per heavy atom. The van der Waals surface area contributed by atoms with Crippen LogP contribution in [0.15, 0.2) is 12.1 Å². The number of nitrogens with one attached hydrogen (secondary N) is 1. The number of amides is 1. The highest BCUT2D eigenvalue weighted by atomic mass is 35.5. The van der Waals surface area contributed by atoms with E-state index >= 15 is 0 Å². The van der Waals surface area contributed by atoms with Crippen molar-refractivity contribution in [1.82, 2.24) is 0 Å². The van der Waals surface area contributed by atoms with Gasteiger partial charge in [-0.3, -0.25) is 4.79 Å². The van der Waals surface area contributed by atoms with Crippen molar-refractivity contribution in [2.75, 3.05) is 11.9 Å². The largest absolute Gasteiger partial charge is 0.489 e. The molecule has 80 valence electrons. The molecule has 0 fully saturated rings. The minimum absolute atomic E-state index is 0.0907. The Kier molecular flexibility index (Phi) is 2.76. The second-order valence-electron chi connectivity index (χ2n) is 3.47. The molecular formula is C10H9Cl2NO2. The molecule has 1 N–H and O–H groups in total. The molecule has 1 aromatic rings. The first-order chi connectivity index (χ1) is 7.08. The van der Waals surface area contributed by atoms with Crippen LogP contribution in [0.3, 0.4) is 0 Å². The number of ether oxygens (including phenoxy) is 1. The summed E-state index contributed by atoms with van der Waals surface area (Å²) < 4.78 is 5.44. The van der Waals surface area contributed by atoms with Gasteiger partial charge in [0, 0.05) is 5.02 Å². The fourth-order valence-electron chi connectivity index (χ4n) is 1.34. The Balaban J connectivity index is 2.47. The van der Waals surface area contributed by atoms with Crippen molar-refractivity contribution in [2.24, 2.45) is 5.92 Å². The van der Waals surface area contributed by atoms with Crippen molar-refractivity contribution in [1.29, 1.82) is 0 Å². The second-order valence-corrected chi connectivity index (χ2v) is 4.31. The van der Waals surface area contributed by atoms with Crippen LogP contribution < -0.4 is 10.1 Å². The van der Waals surface area contributed by atoms with Crippen molar-refractivity contribution >= 4 is 34.8 Å². The molecule has 3 nitrogen and oxygen atoms in total. The topological polar surface area (TPSA) is 38.3 Å². The summed E-state index contributed by atoms with van der Waals surface area (Å²) in [5, 5.41) is 3.60. The van der Waals surface area contributed by atoms with Crippen LogP contribution in [0.25, 0.3) is 0 Å². The van der Waals surface area contributed by atoms with Gasteiger partial charge in [-0.1, -0.05) is 30.1 Å². The smallest absolute Gasteiger partial charge is 0.230 e. The molecule has 0 saturated carbocycles. The van der Waals surface area contributed by atoms with E-state index in [-0.39, 0.29) is 11.8 Å². The Hall–Kier alpha value is -0.930. The van der Waals surface area contributed by atoms with Crippen LogP contribution in [0, 0.1) is 5.92 Å². The van der Waals surface area contributed by atoms with Gasteiger partial charge in [0.05, 0.1) is 23.2 Å². The van der Waals surface area contributed by atoms with Crippen LogP contribution in [-0.4, -0.2) is 12.5 Å². The van der Waals surface area contributed by atoms with E-state index in [1.165, 1.54) is 0 Å². The number of fused-ring (bicyclic) bond motifs is 1. The predicted octanol–water partition coefficient (Wildman–Crippen LogP) is 2.96. The molecule has 0 aromatic heterocycles. The highest BCUT2D eigenvalue weighted by Gasteiger charge is 2.22. The Bertz CT molecular complexity index is 420. The zero-order valence-electron chi connectivity index (χ0n) is 8.01. The standard InChI is InChI=1S/C10H9Cl2NO2/c1-5-4-15-9-7(12)2-6(11)3-8(9)13-10(5)14/h2-3,5H,4H2,1H3,(H,13,14). The molecule has 1 aliphatic rings. The van der Waals surface area contributed by atoms with Crippen LogP contribution >= 0.6 is 23.2 Å². The lowest BCUT2D eigenvalue weighted by molar-refractivity contribution is -0.119. The van der Waals surface area contributed by atoms with Gasteiger partial charge in [0.25, 0.3) is 0 Å². The van der Waals surface area contributed by atoms with Crippen molar-refractivity contribution in [3.8, 4) is 5.75 Å². The van der Waals surface area contributed by atoms with Gasteiger partial charge in [-0.25, -0.2) is 0 Å². The number of hydrogen-bond acceptors (Lipinski definition) is 2. The summed E-state index contributed by atoms with van der Waals surface area (Å²) in [5.74, 6) is 0.193. The summed E-state index contributed by atoms with van der Waals surface area (Å²) in [6.45, 7) is 2.11. The van der Waals surface area contributed by atoms with Gasteiger partial charge in [0.15, 0.2) is 5.75 Å². The van der Waals surface area contributed by atoms with Gasteiger partial charge < -0.3 is 10.1 Å². The number of rotatable bonds is 0. The monoisotopic (exact) mass is 245 g/mol. The molecule has 15 heavy (non-hydrogen) atoms. The fourth-order valence-corrected chi connectivity index (χ4v) is 1.89. The van der Waals surface area contributed by atoms with E-state index in [1.54, 1.807) is 19.1 Å². The van der Waals surface area contributed by atoms with Crippen molar-refractivity contribution in [2.45, 2.75) is 6.92 Å². The van der Waals surface area contributed by atoms with E-state index < -0.39 is 0 Å². The normalized spacial score (nSPS) is 19.9. The first-order valence-electron chi connectivity index (χ1n) is 4.50. The lowest BCUT2D eigenvalue weighted by Gasteiger charge is -2.08. The van der Waals surface area contributed by atoms with Gasteiger partial charge in [0.1, 0.15) is 0 Å². The Labute approximate surface area is 97.3 Å². The van der Waals surface area contributed by atoms with Crippen LogP contribution in [0.2, 0.25) is 10.0 Å². The molecule has 1 heterocycles. The minimum Gasteiger partial charge on any atom is -0.489 e. The molecule has 1 atom stereocenters. The third-order valence-corrected chi connectivity index (χ3v) is 2.69. The van der Waals surface area contributed by atoms with Crippen LogP contribution in [0.1, 0.15) is 6.92 Å². The third kappa shape index (κ3) is 2.03. The molecule has 1 unspecified atom stereocenters. The molecule has 0 radical (unpaired) electrons. The molecule has 1 aliphatic heterocycles. The summed E-state index contributed by atoms with van der Waals surface area (Å²) in [6, 6.07) is 3.21. The van der Waals surface area contributed by atoms with Gasteiger partial charge >= 0.3 is 0 Å². The molecule has 0 bridgehead atoms. The van der Waals surface area contributed by atoms with Crippen molar-refractivity contribution < 1.29 is 9.53 Å².